The molecule has 0 radical (unpaired) electrons. The lowest BCUT2D eigenvalue weighted by molar-refractivity contribution is -0.143. The minimum absolute atomic E-state index is 0.00485. The molecule has 1 amide bonds. The Hall–Kier alpha value is -1.92. The number of aliphatic hydroxyl groups is 2. The molecule has 6 heteroatoms. The second-order valence-corrected chi connectivity index (χ2v) is 26.7. The Morgan fingerprint density at radius 1 is 0.329 bits per heavy atom. The van der Waals surface area contributed by atoms with Crippen molar-refractivity contribution in [1.82, 2.24) is 5.32 Å². The molecule has 0 saturated heterocycles. The molecule has 0 spiro atoms. The van der Waals surface area contributed by atoms with Gasteiger partial charge in [0, 0.05) is 12.8 Å². The van der Waals surface area contributed by atoms with Crippen LogP contribution in [0.1, 0.15) is 431 Å². The number of carbonyl (C=O) groups is 2. The summed E-state index contributed by atoms with van der Waals surface area (Å²) in [6.07, 6.45) is 96.5. The van der Waals surface area contributed by atoms with Crippen LogP contribution in [-0.2, 0) is 14.3 Å². The van der Waals surface area contributed by atoms with E-state index in [1.54, 1.807) is 0 Å². The van der Waals surface area contributed by atoms with E-state index in [-0.39, 0.29) is 18.5 Å². The van der Waals surface area contributed by atoms with Crippen LogP contribution >= 0.6 is 0 Å². The standard InChI is InChI=1S/C79H151NO5/c1-3-5-7-9-11-13-15-17-19-20-21-22-23-31-34-37-40-44-47-51-55-59-63-67-71-77(82)76(75-81)80-78(83)72-68-64-60-56-52-48-45-41-38-35-32-29-27-25-24-26-28-30-33-36-39-42-46-50-54-58-62-66-70-74-85-79(84)73-69-65-61-57-53-49-43-18-16-14-12-10-8-6-4-2/h18,24,26,30,33,43,76-77,81-82H,3-17,19-23,25,27-29,31-32,34-42,44-75H2,1-2H3,(H,80,83)/b26-24-,33-30-,43-18-. The van der Waals surface area contributed by atoms with Crippen molar-refractivity contribution in [3.8, 4) is 0 Å². The Bertz CT molecular complexity index is 1380. The molecule has 0 fully saturated rings. The minimum atomic E-state index is -0.667. The summed E-state index contributed by atoms with van der Waals surface area (Å²) in [5, 5.41) is 23.5. The first kappa shape index (κ1) is 83.1. The Labute approximate surface area is 532 Å². The summed E-state index contributed by atoms with van der Waals surface area (Å²) in [7, 11) is 0. The number of aliphatic hydroxyl groups excluding tert-OH is 2. The van der Waals surface area contributed by atoms with Crippen molar-refractivity contribution in [3.63, 3.8) is 0 Å². The molecule has 0 aliphatic heterocycles. The molecular weight excluding hydrogens is 1040 g/mol. The summed E-state index contributed by atoms with van der Waals surface area (Å²) in [5.74, 6) is -0.0261. The number of allylic oxidation sites excluding steroid dienone is 6. The summed E-state index contributed by atoms with van der Waals surface area (Å²) in [5.41, 5.74) is 0. The quantitative estimate of drug-likeness (QED) is 0.0320. The van der Waals surface area contributed by atoms with E-state index < -0.39 is 12.1 Å². The van der Waals surface area contributed by atoms with Gasteiger partial charge in [-0.25, -0.2) is 0 Å². The first-order valence-electron chi connectivity index (χ1n) is 38.7. The number of nitrogens with one attached hydrogen (secondary N) is 1. The van der Waals surface area contributed by atoms with Gasteiger partial charge in [-0.2, -0.15) is 0 Å². The summed E-state index contributed by atoms with van der Waals surface area (Å²) in [6, 6.07) is -0.544. The van der Waals surface area contributed by atoms with Crippen molar-refractivity contribution in [1.29, 1.82) is 0 Å². The summed E-state index contributed by atoms with van der Waals surface area (Å²) >= 11 is 0. The van der Waals surface area contributed by atoms with E-state index in [2.05, 4.69) is 55.6 Å². The molecule has 0 aliphatic carbocycles. The SMILES string of the molecule is CCCCCCCC/C=C\CCCCCCCC(=O)OCCCCCCCCCCC/C=C\C/C=C\CCCCCCCCCCCCCCCC(=O)NC(CO)C(O)CCCCCCCCCCCCCCCCCCCCCCCCCC. The van der Waals surface area contributed by atoms with Crippen LogP contribution in [0.3, 0.4) is 0 Å². The minimum Gasteiger partial charge on any atom is -0.466 e. The predicted octanol–water partition coefficient (Wildman–Crippen LogP) is 25.4. The number of carbonyl (C=O) groups excluding carboxylic acids is 2. The van der Waals surface area contributed by atoms with Crippen LogP contribution in [0.4, 0.5) is 0 Å². The van der Waals surface area contributed by atoms with Gasteiger partial charge in [-0.1, -0.05) is 371 Å². The molecule has 0 heterocycles. The van der Waals surface area contributed by atoms with Crippen LogP contribution in [0.15, 0.2) is 36.5 Å². The molecule has 6 nitrogen and oxygen atoms in total. The van der Waals surface area contributed by atoms with Gasteiger partial charge in [-0.05, 0) is 83.5 Å². The van der Waals surface area contributed by atoms with Gasteiger partial charge in [-0.15, -0.1) is 0 Å². The van der Waals surface area contributed by atoms with Crippen LogP contribution in [-0.4, -0.2) is 47.4 Å². The van der Waals surface area contributed by atoms with E-state index in [1.165, 1.54) is 347 Å². The van der Waals surface area contributed by atoms with Crippen LogP contribution in [0.25, 0.3) is 0 Å². The monoisotopic (exact) mass is 1190 g/mol. The van der Waals surface area contributed by atoms with E-state index in [9.17, 15) is 19.8 Å². The van der Waals surface area contributed by atoms with E-state index >= 15 is 0 Å². The third kappa shape index (κ3) is 71.0. The molecule has 0 aromatic carbocycles. The molecule has 0 aliphatic rings. The van der Waals surface area contributed by atoms with Gasteiger partial charge < -0.3 is 20.3 Å². The summed E-state index contributed by atoms with van der Waals surface area (Å²) in [4.78, 5) is 24.6. The molecule has 85 heavy (non-hydrogen) atoms. The van der Waals surface area contributed by atoms with Gasteiger partial charge in [0.1, 0.15) is 0 Å². The van der Waals surface area contributed by atoms with Gasteiger partial charge >= 0.3 is 5.97 Å². The maximum absolute atomic E-state index is 12.6. The Kier molecular flexibility index (Phi) is 72.9. The maximum atomic E-state index is 12.6. The molecule has 2 unspecified atom stereocenters. The lowest BCUT2D eigenvalue weighted by atomic mass is 10.0. The molecule has 502 valence electrons. The normalized spacial score (nSPS) is 12.7. The maximum Gasteiger partial charge on any atom is 0.305 e. The van der Waals surface area contributed by atoms with Gasteiger partial charge in [0.05, 0.1) is 25.4 Å². The van der Waals surface area contributed by atoms with Crippen molar-refractivity contribution < 1.29 is 24.5 Å². The second kappa shape index (κ2) is 74.5. The van der Waals surface area contributed by atoms with Gasteiger partial charge in [-0.3, -0.25) is 9.59 Å². The third-order valence-electron chi connectivity index (χ3n) is 18.2. The number of rotatable bonds is 73. The van der Waals surface area contributed by atoms with E-state index in [1.807, 2.05) is 0 Å². The van der Waals surface area contributed by atoms with Crippen molar-refractivity contribution in [2.45, 2.75) is 443 Å². The van der Waals surface area contributed by atoms with Crippen LogP contribution < -0.4 is 5.32 Å². The van der Waals surface area contributed by atoms with Gasteiger partial charge in [0.15, 0.2) is 0 Å². The largest absolute Gasteiger partial charge is 0.466 e. The second-order valence-electron chi connectivity index (χ2n) is 26.7. The first-order valence-corrected chi connectivity index (χ1v) is 38.7. The van der Waals surface area contributed by atoms with E-state index in [4.69, 9.17) is 4.74 Å². The Morgan fingerprint density at radius 2 is 0.588 bits per heavy atom. The fraction of sp³-hybridized carbons (Fsp3) is 0.899. The lowest BCUT2D eigenvalue weighted by Gasteiger charge is -2.22. The number of hydrogen-bond acceptors (Lipinski definition) is 5. The highest BCUT2D eigenvalue weighted by Crippen LogP contribution is 2.19. The fourth-order valence-electron chi connectivity index (χ4n) is 12.3. The summed E-state index contributed by atoms with van der Waals surface area (Å²) < 4.78 is 5.49. The number of unbranched alkanes of at least 4 members (excludes halogenated alkanes) is 56. The zero-order valence-electron chi connectivity index (χ0n) is 57.6. The topological polar surface area (TPSA) is 95.9 Å². The van der Waals surface area contributed by atoms with Gasteiger partial charge in [0.2, 0.25) is 5.91 Å². The van der Waals surface area contributed by atoms with Crippen molar-refractivity contribution in [2.24, 2.45) is 0 Å². The highest BCUT2D eigenvalue weighted by molar-refractivity contribution is 5.76. The Morgan fingerprint density at radius 3 is 0.906 bits per heavy atom. The molecule has 0 aromatic rings. The third-order valence-corrected chi connectivity index (χ3v) is 18.2. The van der Waals surface area contributed by atoms with Crippen molar-refractivity contribution >= 4 is 11.9 Å². The highest BCUT2D eigenvalue weighted by atomic mass is 16.5. The predicted molar refractivity (Wildman–Crippen MR) is 375 cm³/mol. The van der Waals surface area contributed by atoms with Gasteiger partial charge in [0.25, 0.3) is 0 Å². The molecule has 0 rings (SSSR count). The number of esters is 1. The summed E-state index contributed by atoms with van der Waals surface area (Å²) in [6.45, 7) is 4.98. The van der Waals surface area contributed by atoms with Crippen molar-refractivity contribution in [2.75, 3.05) is 13.2 Å². The first-order chi connectivity index (χ1) is 42.0. The lowest BCUT2D eigenvalue weighted by Crippen LogP contribution is -2.45. The average molecular weight is 1200 g/mol. The molecular formula is C79H151NO5. The molecule has 0 bridgehead atoms. The number of ether oxygens (including phenoxy) is 1. The molecule has 3 N–H and O–H groups in total. The van der Waals surface area contributed by atoms with Crippen LogP contribution in [0, 0.1) is 0 Å². The Balaban J connectivity index is 3.40. The molecule has 0 aromatic heterocycles. The number of hydrogen-bond donors (Lipinski definition) is 3. The van der Waals surface area contributed by atoms with Crippen LogP contribution in [0.5, 0.6) is 0 Å². The molecule has 0 saturated carbocycles. The molecule has 2 atom stereocenters. The fourth-order valence-corrected chi connectivity index (χ4v) is 12.3. The average Bonchev–Trinajstić information content (AvgIpc) is 3.51. The number of amides is 1. The zero-order chi connectivity index (χ0) is 61.3. The van der Waals surface area contributed by atoms with Crippen molar-refractivity contribution in [3.05, 3.63) is 36.5 Å². The van der Waals surface area contributed by atoms with E-state index in [0.717, 1.165) is 51.4 Å². The van der Waals surface area contributed by atoms with E-state index in [0.29, 0.717) is 25.9 Å². The van der Waals surface area contributed by atoms with Crippen LogP contribution in [0.2, 0.25) is 0 Å². The smallest absolute Gasteiger partial charge is 0.305 e. The zero-order valence-corrected chi connectivity index (χ0v) is 57.6. The highest BCUT2D eigenvalue weighted by Gasteiger charge is 2.20.